The van der Waals surface area contributed by atoms with Crippen LogP contribution in [-0.4, -0.2) is 88.8 Å². The van der Waals surface area contributed by atoms with Crippen LogP contribution in [0.4, 0.5) is 0 Å². The highest BCUT2D eigenvalue weighted by atomic mass is 16.7. The van der Waals surface area contributed by atoms with Gasteiger partial charge in [0.1, 0.15) is 17.8 Å². The number of nitrogens with two attached hydrogens (primary N) is 1. The van der Waals surface area contributed by atoms with Crippen LogP contribution in [0.15, 0.2) is 18.6 Å². The number of hydroxylamine groups is 1. The zero-order valence-electron chi connectivity index (χ0n) is 29.5. The van der Waals surface area contributed by atoms with E-state index in [1.54, 1.807) is 0 Å². The fourth-order valence-corrected chi connectivity index (χ4v) is 5.60. The zero-order chi connectivity index (χ0) is 35.5. The molecule has 3 unspecified atom stereocenters. The summed E-state index contributed by atoms with van der Waals surface area (Å²) in [6.45, 7) is 10.0. The molecule has 14 nitrogen and oxygen atoms in total. The fourth-order valence-electron chi connectivity index (χ4n) is 5.60. The molecule has 1 aliphatic heterocycles. The van der Waals surface area contributed by atoms with Crippen LogP contribution in [0.3, 0.4) is 0 Å². The summed E-state index contributed by atoms with van der Waals surface area (Å²) < 4.78 is 0. The molecule has 1 aromatic heterocycles. The summed E-state index contributed by atoms with van der Waals surface area (Å²) >= 11 is 0. The Labute approximate surface area is 285 Å². The molecule has 2 fully saturated rings. The van der Waals surface area contributed by atoms with Crippen LogP contribution >= 0.6 is 0 Å². The van der Waals surface area contributed by atoms with Gasteiger partial charge in [0.25, 0.3) is 11.8 Å². The van der Waals surface area contributed by atoms with E-state index in [2.05, 4.69) is 31.4 Å². The van der Waals surface area contributed by atoms with Crippen LogP contribution in [0.2, 0.25) is 0 Å². The van der Waals surface area contributed by atoms with E-state index in [1.165, 1.54) is 62.0 Å². The topological polar surface area (TPSA) is 198 Å². The molecule has 4 atom stereocenters. The first-order valence-corrected chi connectivity index (χ1v) is 17.5. The number of nitrogens with one attached hydrogen (secondary N) is 4. The minimum absolute atomic E-state index is 0.0431. The van der Waals surface area contributed by atoms with Gasteiger partial charge >= 0.3 is 0 Å². The predicted molar refractivity (Wildman–Crippen MR) is 182 cm³/mol. The molecule has 0 bridgehead atoms. The standard InChI is InChI=1S/C28H46N8O6.C6H12/c1-6-8-19(23(38)26(40)32-11-7-2)35-42-22-14-18(9-10-29)17-36(22)27(41)24(28(3,4)5)34-21(37)16-33-25(39)20-15-30-12-13-31-20;1-2-4-6-5-3-1/h12-13,15,18-19,22,24,35H,6-11,14,16-17,29H2,1-5H3,(H,32,40)(H,33,39)(H,34,37);1-6H2/t18-,19?,22?,24?;/m1./s1. The number of ketones is 1. The van der Waals surface area contributed by atoms with Gasteiger partial charge in [-0.1, -0.05) is 79.6 Å². The molecular formula is C34H58N8O6. The molecule has 1 saturated heterocycles. The van der Waals surface area contributed by atoms with Gasteiger partial charge in [0.2, 0.25) is 17.6 Å². The van der Waals surface area contributed by atoms with Crippen molar-refractivity contribution in [1.82, 2.24) is 36.3 Å². The van der Waals surface area contributed by atoms with Gasteiger partial charge in [-0.05, 0) is 43.6 Å². The Morgan fingerprint density at radius 2 is 1.67 bits per heavy atom. The van der Waals surface area contributed by atoms with E-state index < -0.39 is 47.2 Å². The summed E-state index contributed by atoms with van der Waals surface area (Å²) in [5.74, 6) is -2.78. The van der Waals surface area contributed by atoms with Gasteiger partial charge in [0.05, 0.1) is 12.7 Å². The lowest BCUT2D eigenvalue weighted by molar-refractivity contribution is -0.160. The molecular weight excluding hydrogens is 616 g/mol. The van der Waals surface area contributed by atoms with Crippen LogP contribution in [0.1, 0.15) is 116 Å². The SMILES string of the molecule is C1CCCCC1.CCCNC(=O)C(=O)C(CCC)NOC1C[C@@H](CCN)CN1C(=O)C(NC(=O)CNC(=O)c1cnccn1)C(C)(C)C. The lowest BCUT2D eigenvalue weighted by Crippen LogP contribution is -2.58. The van der Waals surface area contributed by atoms with Crippen molar-refractivity contribution < 1.29 is 28.8 Å². The molecule has 270 valence electrons. The number of carbonyl (C=O) groups excluding carboxylic acids is 5. The molecule has 0 spiro atoms. The van der Waals surface area contributed by atoms with E-state index >= 15 is 0 Å². The van der Waals surface area contributed by atoms with Crippen molar-refractivity contribution in [2.24, 2.45) is 17.1 Å². The quantitative estimate of drug-likeness (QED) is 0.128. The molecule has 48 heavy (non-hydrogen) atoms. The Hall–Kier alpha value is -3.49. The van der Waals surface area contributed by atoms with Gasteiger partial charge < -0.3 is 26.6 Å². The number of hydrogen-bond donors (Lipinski definition) is 5. The molecule has 0 radical (unpaired) electrons. The highest BCUT2D eigenvalue weighted by molar-refractivity contribution is 6.38. The van der Waals surface area contributed by atoms with E-state index in [1.807, 2.05) is 34.6 Å². The summed E-state index contributed by atoms with van der Waals surface area (Å²) in [4.78, 5) is 79.3. The smallest absolute Gasteiger partial charge is 0.289 e. The molecule has 2 heterocycles. The number of hydrogen-bond acceptors (Lipinski definition) is 10. The molecule has 2 aliphatic rings. The van der Waals surface area contributed by atoms with E-state index in [0.717, 1.165) is 0 Å². The van der Waals surface area contributed by atoms with Crippen molar-refractivity contribution in [3.8, 4) is 0 Å². The normalized spacial score (nSPS) is 18.9. The Morgan fingerprint density at radius 3 is 2.21 bits per heavy atom. The van der Waals surface area contributed by atoms with Crippen molar-refractivity contribution in [3.63, 3.8) is 0 Å². The van der Waals surface area contributed by atoms with E-state index in [9.17, 15) is 24.0 Å². The molecule has 14 heteroatoms. The Morgan fingerprint density at radius 1 is 1.00 bits per heavy atom. The first-order valence-electron chi connectivity index (χ1n) is 17.5. The lowest BCUT2D eigenvalue weighted by atomic mass is 9.85. The second-order valence-electron chi connectivity index (χ2n) is 13.6. The average Bonchev–Trinajstić information content (AvgIpc) is 3.49. The van der Waals surface area contributed by atoms with Crippen LogP contribution < -0.4 is 27.2 Å². The maximum absolute atomic E-state index is 13.9. The average molecular weight is 675 g/mol. The van der Waals surface area contributed by atoms with Crippen molar-refractivity contribution >= 4 is 29.4 Å². The molecule has 3 rings (SSSR count). The van der Waals surface area contributed by atoms with Crippen molar-refractivity contribution in [3.05, 3.63) is 24.3 Å². The third-order valence-corrected chi connectivity index (χ3v) is 8.32. The third kappa shape index (κ3) is 13.9. The number of rotatable bonds is 16. The summed E-state index contributed by atoms with van der Waals surface area (Å²) in [6, 6.07) is -1.83. The first kappa shape index (κ1) is 40.7. The van der Waals surface area contributed by atoms with Crippen LogP contribution in [0.25, 0.3) is 0 Å². The fraction of sp³-hybridized carbons (Fsp3) is 0.735. The molecule has 1 aromatic rings. The Kier molecular flexibility index (Phi) is 18.2. The highest BCUT2D eigenvalue weighted by Crippen LogP contribution is 2.30. The zero-order valence-corrected chi connectivity index (χ0v) is 29.5. The van der Waals surface area contributed by atoms with Crippen LogP contribution in [0, 0.1) is 11.3 Å². The van der Waals surface area contributed by atoms with E-state index in [4.69, 9.17) is 10.6 Å². The van der Waals surface area contributed by atoms with Crippen molar-refractivity contribution in [1.29, 1.82) is 0 Å². The number of Topliss-reactive ketones (excluding diaryl/α,β-unsaturated/α-hetero) is 1. The second kappa shape index (κ2) is 21.5. The van der Waals surface area contributed by atoms with Gasteiger partial charge in [0, 0.05) is 25.5 Å². The maximum atomic E-state index is 13.9. The third-order valence-electron chi connectivity index (χ3n) is 8.32. The van der Waals surface area contributed by atoms with Gasteiger partial charge in [0.15, 0.2) is 6.23 Å². The lowest BCUT2D eigenvalue weighted by Gasteiger charge is -2.35. The monoisotopic (exact) mass is 674 g/mol. The highest BCUT2D eigenvalue weighted by Gasteiger charge is 2.43. The maximum Gasteiger partial charge on any atom is 0.289 e. The summed E-state index contributed by atoms with van der Waals surface area (Å²) in [6.07, 6.45) is 15.1. The summed E-state index contributed by atoms with van der Waals surface area (Å²) in [5, 5.41) is 7.83. The predicted octanol–water partition coefficient (Wildman–Crippen LogP) is 2.39. The first-order chi connectivity index (χ1) is 22.9. The number of nitrogens with zero attached hydrogens (tertiary/aromatic N) is 3. The molecule has 1 aliphatic carbocycles. The van der Waals surface area contributed by atoms with Crippen LogP contribution in [0.5, 0.6) is 0 Å². The van der Waals surface area contributed by atoms with Gasteiger partial charge in [-0.15, -0.1) is 0 Å². The van der Waals surface area contributed by atoms with Gasteiger partial charge in [-0.3, -0.25) is 33.8 Å². The van der Waals surface area contributed by atoms with Gasteiger partial charge in [-0.25, -0.2) is 4.98 Å². The molecule has 1 saturated carbocycles. The largest absolute Gasteiger partial charge is 0.349 e. The number of likely N-dealkylation sites (tertiary alicyclic amines) is 1. The minimum Gasteiger partial charge on any atom is -0.349 e. The summed E-state index contributed by atoms with van der Waals surface area (Å²) in [5.41, 5.74) is 7.92. The van der Waals surface area contributed by atoms with Crippen LogP contribution in [-0.2, 0) is 24.0 Å². The van der Waals surface area contributed by atoms with E-state index in [-0.39, 0.29) is 24.1 Å². The number of amides is 4. The van der Waals surface area contributed by atoms with Crippen molar-refractivity contribution in [2.75, 3.05) is 26.2 Å². The Bertz CT molecular complexity index is 1150. The molecule has 0 aromatic carbocycles. The van der Waals surface area contributed by atoms with E-state index in [0.29, 0.717) is 51.7 Å². The summed E-state index contributed by atoms with van der Waals surface area (Å²) in [7, 11) is 0. The Balaban J connectivity index is 0.00000119. The second-order valence-corrected chi connectivity index (χ2v) is 13.6. The minimum atomic E-state index is -0.950. The van der Waals surface area contributed by atoms with Gasteiger partial charge in [-0.2, -0.15) is 5.48 Å². The number of aromatic nitrogens is 2. The molecule has 6 N–H and O–H groups in total. The van der Waals surface area contributed by atoms with Crippen molar-refractivity contribution in [2.45, 2.75) is 124 Å². The molecule has 4 amide bonds. The number of carbonyl (C=O) groups is 5.